The van der Waals surface area contributed by atoms with Crippen molar-refractivity contribution in [3.05, 3.63) is 16.5 Å². The van der Waals surface area contributed by atoms with Crippen molar-refractivity contribution in [2.24, 2.45) is 0 Å². The van der Waals surface area contributed by atoms with Gasteiger partial charge in [-0.1, -0.05) is 11.6 Å². The molecule has 1 aromatic rings. The minimum Gasteiger partial charge on any atom is -0.365 e. The summed E-state index contributed by atoms with van der Waals surface area (Å²) < 4.78 is 0. The minimum atomic E-state index is -0.0190. The molecule has 14 heavy (non-hydrogen) atoms. The Labute approximate surface area is 89.9 Å². The molecule has 3 nitrogen and oxygen atoms in total. The predicted molar refractivity (Wildman–Crippen MR) is 59.9 cm³/mol. The van der Waals surface area contributed by atoms with Crippen LogP contribution in [0.1, 0.15) is 32.2 Å². The molecule has 1 aromatic heterocycles. The van der Waals surface area contributed by atoms with Crippen molar-refractivity contribution in [1.29, 1.82) is 0 Å². The second kappa shape index (κ2) is 3.73. The Morgan fingerprint density at radius 3 is 2.21 bits per heavy atom. The van der Waals surface area contributed by atoms with Gasteiger partial charge in [-0.15, -0.1) is 0 Å². The van der Waals surface area contributed by atoms with Crippen molar-refractivity contribution in [3.8, 4) is 0 Å². The van der Waals surface area contributed by atoms with Gasteiger partial charge in [0.1, 0.15) is 16.8 Å². The van der Waals surface area contributed by atoms with E-state index in [1.807, 2.05) is 13.8 Å². The van der Waals surface area contributed by atoms with Crippen LogP contribution in [0.4, 0.5) is 5.82 Å². The average molecular weight is 214 g/mol. The van der Waals surface area contributed by atoms with E-state index < -0.39 is 0 Å². The number of nitrogens with zero attached hydrogens (tertiary/aromatic N) is 2. The molecule has 0 bridgehead atoms. The molecule has 1 heterocycles. The molecular formula is C10H16ClN3. The molecule has 0 aliphatic heterocycles. The maximum absolute atomic E-state index is 5.96. The molecule has 78 valence electrons. The molecule has 0 saturated heterocycles. The zero-order chi connectivity index (χ0) is 10.9. The molecule has 0 spiro atoms. The first-order valence-corrected chi connectivity index (χ1v) is 4.96. The zero-order valence-electron chi connectivity index (χ0n) is 9.27. The number of aryl methyl sites for hydroxylation is 1. The number of halogens is 1. The number of nitrogens with one attached hydrogen (secondary N) is 1. The van der Waals surface area contributed by atoms with Gasteiger partial charge in [0.2, 0.25) is 0 Å². The fourth-order valence-corrected chi connectivity index (χ4v) is 1.28. The molecule has 0 aromatic carbocycles. The SMILES string of the molecule is Cc1nc(Cl)c(C)c(NC(C)(C)C)n1. The van der Waals surface area contributed by atoms with Crippen molar-refractivity contribution in [3.63, 3.8) is 0 Å². The van der Waals surface area contributed by atoms with Crippen LogP contribution in [-0.4, -0.2) is 15.5 Å². The van der Waals surface area contributed by atoms with E-state index in [2.05, 4.69) is 36.1 Å². The van der Waals surface area contributed by atoms with E-state index in [9.17, 15) is 0 Å². The number of aromatic nitrogens is 2. The van der Waals surface area contributed by atoms with Gasteiger partial charge in [-0.3, -0.25) is 0 Å². The molecule has 0 radical (unpaired) electrons. The van der Waals surface area contributed by atoms with E-state index in [4.69, 9.17) is 11.6 Å². The summed E-state index contributed by atoms with van der Waals surface area (Å²) in [5, 5.41) is 3.81. The van der Waals surface area contributed by atoms with E-state index >= 15 is 0 Å². The summed E-state index contributed by atoms with van der Waals surface area (Å²) in [7, 11) is 0. The highest BCUT2D eigenvalue weighted by atomic mass is 35.5. The molecule has 4 heteroatoms. The topological polar surface area (TPSA) is 37.8 Å². The lowest BCUT2D eigenvalue weighted by molar-refractivity contribution is 0.628. The summed E-state index contributed by atoms with van der Waals surface area (Å²) >= 11 is 5.96. The molecule has 0 fully saturated rings. The summed E-state index contributed by atoms with van der Waals surface area (Å²) in [6.45, 7) is 9.99. The Kier molecular flexibility index (Phi) is 3.00. The third-order valence-corrected chi connectivity index (χ3v) is 2.06. The van der Waals surface area contributed by atoms with E-state index in [-0.39, 0.29) is 5.54 Å². The largest absolute Gasteiger partial charge is 0.365 e. The summed E-state index contributed by atoms with van der Waals surface area (Å²) in [5.41, 5.74) is 0.877. The smallest absolute Gasteiger partial charge is 0.137 e. The van der Waals surface area contributed by atoms with Crippen molar-refractivity contribution >= 4 is 17.4 Å². The summed E-state index contributed by atoms with van der Waals surface area (Å²) in [6.07, 6.45) is 0. The van der Waals surface area contributed by atoms with Gasteiger partial charge >= 0.3 is 0 Å². The van der Waals surface area contributed by atoms with Crippen LogP contribution in [0.3, 0.4) is 0 Å². The maximum atomic E-state index is 5.96. The number of anilines is 1. The molecule has 0 unspecified atom stereocenters. The van der Waals surface area contributed by atoms with Gasteiger partial charge < -0.3 is 5.32 Å². The van der Waals surface area contributed by atoms with Crippen molar-refractivity contribution in [1.82, 2.24) is 9.97 Å². The quantitative estimate of drug-likeness (QED) is 0.729. The molecule has 0 amide bonds. The Morgan fingerprint density at radius 1 is 1.14 bits per heavy atom. The van der Waals surface area contributed by atoms with Gasteiger partial charge in [-0.05, 0) is 34.6 Å². The fraction of sp³-hybridized carbons (Fsp3) is 0.600. The molecular weight excluding hydrogens is 198 g/mol. The Morgan fingerprint density at radius 2 is 1.71 bits per heavy atom. The third-order valence-electron chi connectivity index (χ3n) is 1.69. The van der Waals surface area contributed by atoms with Gasteiger partial charge in [-0.25, -0.2) is 9.97 Å². The maximum Gasteiger partial charge on any atom is 0.137 e. The van der Waals surface area contributed by atoms with E-state index in [0.717, 1.165) is 11.4 Å². The first-order valence-electron chi connectivity index (χ1n) is 4.58. The van der Waals surface area contributed by atoms with Crippen LogP contribution >= 0.6 is 11.6 Å². The van der Waals surface area contributed by atoms with E-state index in [1.165, 1.54) is 0 Å². The van der Waals surface area contributed by atoms with Crippen molar-refractivity contribution in [2.45, 2.75) is 40.2 Å². The van der Waals surface area contributed by atoms with Crippen LogP contribution in [0.5, 0.6) is 0 Å². The lowest BCUT2D eigenvalue weighted by atomic mass is 10.1. The van der Waals surface area contributed by atoms with E-state index in [0.29, 0.717) is 11.0 Å². The molecule has 1 N–H and O–H groups in total. The minimum absolute atomic E-state index is 0.0190. The van der Waals surface area contributed by atoms with E-state index in [1.54, 1.807) is 0 Å². The lowest BCUT2D eigenvalue weighted by Gasteiger charge is -2.22. The van der Waals surface area contributed by atoms with Gasteiger partial charge in [-0.2, -0.15) is 0 Å². The molecule has 0 aliphatic carbocycles. The van der Waals surface area contributed by atoms with Crippen molar-refractivity contribution in [2.75, 3.05) is 5.32 Å². The fourth-order valence-electron chi connectivity index (χ4n) is 1.07. The van der Waals surface area contributed by atoms with Crippen LogP contribution in [0, 0.1) is 13.8 Å². The molecule has 1 rings (SSSR count). The van der Waals surface area contributed by atoms with Crippen LogP contribution in [-0.2, 0) is 0 Å². The first-order chi connectivity index (χ1) is 6.29. The third kappa shape index (κ3) is 2.84. The standard InChI is InChI=1S/C10H16ClN3/c1-6-8(11)12-7(2)13-9(6)14-10(3,4)5/h1-5H3,(H,12,13,14). The summed E-state index contributed by atoms with van der Waals surface area (Å²) in [4.78, 5) is 8.39. The number of hydrogen-bond donors (Lipinski definition) is 1. The van der Waals surface area contributed by atoms with Gasteiger partial charge in [0.05, 0.1) is 0 Å². The van der Waals surface area contributed by atoms with Gasteiger partial charge in [0, 0.05) is 11.1 Å². The van der Waals surface area contributed by atoms with Crippen molar-refractivity contribution < 1.29 is 0 Å². The summed E-state index contributed by atoms with van der Waals surface area (Å²) in [6, 6.07) is 0. The molecule has 0 saturated carbocycles. The number of hydrogen-bond acceptors (Lipinski definition) is 3. The average Bonchev–Trinajstić information content (AvgIpc) is 1.96. The van der Waals surface area contributed by atoms with Crippen LogP contribution < -0.4 is 5.32 Å². The Balaban J connectivity index is 3.09. The van der Waals surface area contributed by atoms with Gasteiger partial charge in [0.15, 0.2) is 0 Å². The normalized spacial score (nSPS) is 11.6. The Bertz CT molecular complexity index is 342. The second-order valence-electron chi connectivity index (χ2n) is 4.41. The van der Waals surface area contributed by atoms with Crippen LogP contribution in [0.15, 0.2) is 0 Å². The monoisotopic (exact) mass is 213 g/mol. The molecule has 0 aliphatic rings. The summed E-state index contributed by atoms with van der Waals surface area (Å²) in [5.74, 6) is 1.50. The van der Waals surface area contributed by atoms with Crippen LogP contribution in [0.25, 0.3) is 0 Å². The first kappa shape index (κ1) is 11.2. The Hall–Kier alpha value is -0.830. The molecule has 0 atom stereocenters. The second-order valence-corrected chi connectivity index (χ2v) is 4.77. The highest BCUT2D eigenvalue weighted by molar-refractivity contribution is 6.30. The zero-order valence-corrected chi connectivity index (χ0v) is 10.0. The van der Waals surface area contributed by atoms with Gasteiger partial charge in [0.25, 0.3) is 0 Å². The van der Waals surface area contributed by atoms with Crippen LogP contribution in [0.2, 0.25) is 5.15 Å². The highest BCUT2D eigenvalue weighted by Crippen LogP contribution is 2.22. The lowest BCUT2D eigenvalue weighted by Crippen LogP contribution is -2.27. The number of rotatable bonds is 1. The predicted octanol–water partition coefficient (Wildman–Crippen LogP) is 2.96. The highest BCUT2D eigenvalue weighted by Gasteiger charge is 2.14.